The summed E-state index contributed by atoms with van der Waals surface area (Å²) in [5, 5.41) is 23.2. The number of hydrogen-bond donors (Lipinski definition) is 3. The number of allylic oxidation sites excluding steroid dienone is 2. The molecule has 0 aliphatic carbocycles. The van der Waals surface area contributed by atoms with Crippen molar-refractivity contribution < 1.29 is 24.5 Å². The van der Waals surface area contributed by atoms with Gasteiger partial charge in [-0.05, 0) is 51.4 Å². The molecule has 2 unspecified atom stereocenters. The number of carbonyl (C=O) groups is 2. The van der Waals surface area contributed by atoms with E-state index in [1.165, 1.54) is 321 Å². The SMILES string of the molecule is CCCCCCCCCCCCCCCCC(=O)OCCCCCCCCCCCCCC/C=C\CCCCCCCCCCCCCCCCCCCC(=O)NC(CO)C(O)CCCCCCCCCCCCC. The lowest BCUT2D eigenvalue weighted by atomic mass is 10.0. The average Bonchev–Trinajstić information content (AvgIpc) is 3.41. The van der Waals surface area contributed by atoms with Crippen LogP contribution in [0.2, 0.25) is 0 Å². The molecule has 0 saturated heterocycles. The van der Waals surface area contributed by atoms with Gasteiger partial charge in [0.15, 0.2) is 0 Å². The van der Waals surface area contributed by atoms with E-state index in [1.807, 2.05) is 0 Å². The van der Waals surface area contributed by atoms with Crippen LogP contribution in [0.25, 0.3) is 0 Å². The highest BCUT2D eigenvalue weighted by Crippen LogP contribution is 2.19. The minimum atomic E-state index is -0.660. The van der Waals surface area contributed by atoms with Gasteiger partial charge in [0.1, 0.15) is 0 Å². The van der Waals surface area contributed by atoms with Gasteiger partial charge in [0.25, 0.3) is 0 Å². The van der Waals surface area contributed by atoms with Gasteiger partial charge in [-0.25, -0.2) is 0 Å². The molecule has 6 heteroatoms. The molecule has 1 amide bonds. The number of ether oxygens (including phenoxy) is 1. The van der Waals surface area contributed by atoms with Crippen LogP contribution < -0.4 is 5.32 Å². The summed E-state index contributed by atoms with van der Waals surface area (Å²) in [5.74, 6) is -0.00907. The largest absolute Gasteiger partial charge is 0.466 e. The lowest BCUT2D eigenvalue weighted by molar-refractivity contribution is -0.143. The van der Waals surface area contributed by atoms with Crippen LogP contribution in [0.1, 0.15) is 393 Å². The third-order valence-electron chi connectivity index (χ3n) is 16.3. The number of aliphatic hydroxyl groups excluding tert-OH is 2. The van der Waals surface area contributed by atoms with Crippen molar-refractivity contribution >= 4 is 11.9 Å². The Bertz CT molecular complexity index is 1130. The molecule has 0 fully saturated rings. The van der Waals surface area contributed by atoms with Crippen molar-refractivity contribution in [2.45, 2.75) is 405 Å². The molecule has 0 rings (SSSR count). The Balaban J connectivity index is 3.31. The highest BCUT2D eigenvalue weighted by atomic mass is 16.5. The van der Waals surface area contributed by atoms with Crippen molar-refractivity contribution in [3.63, 3.8) is 0 Å². The normalized spacial score (nSPS) is 12.5. The van der Waals surface area contributed by atoms with Crippen LogP contribution in [0.15, 0.2) is 12.2 Å². The van der Waals surface area contributed by atoms with E-state index < -0.39 is 12.1 Å². The van der Waals surface area contributed by atoms with Gasteiger partial charge >= 0.3 is 5.97 Å². The number of amides is 1. The van der Waals surface area contributed by atoms with Crippen molar-refractivity contribution in [1.82, 2.24) is 5.32 Å². The smallest absolute Gasteiger partial charge is 0.305 e. The number of esters is 1. The summed E-state index contributed by atoms with van der Waals surface area (Å²) in [6.45, 7) is 4.98. The van der Waals surface area contributed by atoms with E-state index >= 15 is 0 Å². The fraction of sp³-hybridized carbons (Fsp3) is 0.942. The number of nitrogens with one attached hydrogen (secondary N) is 1. The predicted octanol–water partition coefficient (Wildman–Crippen LogP) is 22.0. The van der Waals surface area contributed by atoms with Crippen LogP contribution >= 0.6 is 0 Å². The molecule has 0 saturated carbocycles. The third-order valence-corrected chi connectivity index (χ3v) is 16.3. The Morgan fingerprint density at radius 3 is 0.947 bits per heavy atom. The molecule has 0 aromatic heterocycles. The van der Waals surface area contributed by atoms with Gasteiger partial charge in [0.05, 0.1) is 25.4 Å². The Kier molecular flexibility index (Phi) is 63.9. The number of rotatable bonds is 65. The van der Waals surface area contributed by atoms with Crippen molar-refractivity contribution in [2.24, 2.45) is 0 Å². The number of carbonyl (C=O) groups excluding carboxylic acids is 2. The van der Waals surface area contributed by atoms with Crippen LogP contribution in [0.4, 0.5) is 0 Å². The Morgan fingerprint density at radius 2 is 0.627 bits per heavy atom. The molecule has 0 radical (unpaired) electrons. The van der Waals surface area contributed by atoms with E-state index in [1.54, 1.807) is 0 Å². The quantitative estimate of drug-likeness (QED) is 0.0320. The maximum atomic E-state index is 12.5. The van der Waals surface area contributed by atoms with E-state index in [0.717, 1.165) is 38.5 Å². The number of aliphatic hydroxyl groups is 2. The van der Waals surface area contributed by atoms with Crippen LogP contribution in [-0.4, -0.2) is 47.4 Å². The second-order valence-electron chi connectivity index (χ2n) is 23.9. The molecule has 6 nitrogen and oxygen atoms in total. The molecule has 0 aliphatic rings. The molecule has 75 heavy (non-hydrogen) atoms. The van der Waals surface area contributed by atoms with E-state index in [-0.39, 0.29) is 18.5 Å². The summed E-state index contributed by atoms with van der Waals surface area (Å²) in [6, 6.07) is -0.537. The van der Waals surface area contributed by atoms with Crippen LogP contribution in [0.5, 0.6) is 0 Å². The number of hydrogen-bond acceptors (Lipinski definition) is 5. The van der Waals surface area contributed by atoms with Crippen molar-refractivity contribution in [1.29, 1.82) is 0 Å². The highest BCUT2D eigenvalue weighted by Gasteiger charge is 2.20. The summed E-state index contributed by atoms with van der Waals surface area (Å²) in [7, 11) is 0. The van der Waals surface area contributed by atoms with Gasteiger partial charge in [0.2, 0.25) is 5.91 Å². The summed E-state index contributed by atoms with van der Waals surface area (Å²) >= 11 is 0. The zero-order valence-corrected chi connectivity index (χ0v) is 51.1. The first-order valence-corrected chi connectivity index (χ1v) is 34.4. The maximum absolute atomic E-state index is 12.5. The summed E-state index contributed by atoms with van der Waals surface area (Å²) in [5.41, 5.74) is 0. The predicted molar refractivity (Wildman–Crippen MR) is 329 cm³/mol. The molecule has 0 bridgehead atoms. The molecule has 0 aromatic carbocycles. The van der Waals surface area contributed by atoms with Crippen LogP contribution in [0, 0.1) is 0 Å². The molecule has 446 valence electrons. The molecular weight excluding hydrogens is 923 g/mol. The summed E-state index contributed by atoms with van der Waals surface area (Å²) in [4.78, 5) is 24.5. The first kappa shape index (κ1) is 73.6. The lowest BCUT2D eigenvalue weighted by Gasteiger charge is -2.22. The lowest BCUT2D eigenvalue weighted by Crippen LogP contribution is -2.45. The van der Waals surface area contributed by atoms with Gasteiger partial charge in [0, 0.05) is 12.8 Å². The van der Waals surface area contributed by atoms with E-state index in [9.17, 15) is 19.8 Å². The first-order valence-electron chi connectivity index (χ1n) is 34.4. The van der Waals surface area contributed by atoms with Gasteiger partial charge in [-0.3, -0.25) is 9.59 Å². The second kappa shape index (κ2) is 65.1. The van der Waals surface area contributed by atoms with E-state index in [2.05, 4.69) is 31.3 Å². The Hall–Kier alpha value is -1.40. The van der Waals surface area contributed by atoms with Crippen LogP contribution in [-0.2, 0) is 14.3 Å². The maximum Gasteiger partial charge on any atom is 0.305 e. The summed E-state index contributed by atoms with van der Waals surface area (Å²) < 4.78 is 5.49. The summed E-state index contributed by atoms with van der Waals surface area (Å²) in [6.07, 6.45) is 79.8. The number of unbranched alkanes of at least 4 members (excludes halogenated alkanes) is 52. The standard InChI is InChI=1S/C69H135NO5/c1-3-5-7-9-11-13-15-16-39-43-47-51-55-59-63-69(74)75-64-60-56-52-48-44-40-37-35-33-31-29-27-25-23-21-19-17-18-20-22-24-26-28-30-32-34-36-38-42-46-50-54-58-62-68(73)70-66(65-71)67(72)61-57-53-49-45-41-14-12-10-8-6-4-2/h21,23,66-67,71-72H,3-20,22,24-65H2,1-2H3,(H,70,73)/b23-21-. The Morgan fingerprint density at radius 1 is 0.360 bits per heavy atom. The first-order chi connectivity index (χ1) is 37.0. The van der Waals surface area contributed by atoms with E-state index in [4.69, 9.17) is 4.74 Å². The zero-order valence-electron chi connectivity index (χ0n) is 51.1. The average molecular weight is 1060 g/mol. The monoisotopic (exact) mass is 1060 g/mol. The second-order valence-corrected chi connectivity index (χ2v) is 23.9. The van der Waals surface area contributed by atoms with Crippen molar-refractivity contribution in [2.75, 3.05) is 13.2 Å². The van der Waals surface area contributed by atoms with Gasteiger partial charge in [-0.15, -0.1) is 0 Å². The van der Waals surface area contributed by atoms with Gasteiger partial charge in [-0.2, -0.15) is 0 Å². The fourth-order valence-electron chi connectivity index (χ4n) is 11.1. The van der Waals surface area contributed by atoms with Crippen LogP contribution in [0.3, 0.4) is 0 Å². The van der Waals surface area contributed by atoms with Crippen molar-refractivity contribution in [3.8, 4) is 0 Å². The van der Waals surface area contributed by atoms with Crippen molar-refractivity contribution in [3.05, 3.63) is 12.2 Å². The fourth-order valence-corrected chi connectivity index (χ4v) is 11.1. The van der Waals surface area contributed by atoms with Gasteiger partial charge in [-0.1, -0.05) is 341 Å². The zero-order chi connectivity index (χ0) is 54.3. The minimum absolute atomic E-state index is 0.0217. The molecular formula is C69H135NO5. The third kappa shape index (κ3) is 61.7. The van der Waals surface area contributed by atoms with Gasteiger partial charge < -0.3 is 20.3 Å². The topological polar surface area (TPSA) is 95.9 Å². The molecule has 0 aromatic rings. The highest BCUT2D eigenvalue weighted by molar-refractivity contribution is 5.76. The molecule has 3 N–H and O–H groups in total. The molecule has 0 aliphatic heterocycles. The Labute approximate surface area is 469 Å². The molecule has 0 spiro atoms. The molecule has 2 atom stereocenters. The minimum Gasteiger partial charge on any atom is -0.466 e. The van der Waals surface area contributed by atoms with E-state index in [0.29, 0.717) is 25.9 Å². The molecule has 0 heterocycles.